The predicted molar refractivity (Wildman–Crippen MR) is 63.3 cm³/mol. The first kappa shape index (κ1) is 13.0. The quantitative estimate of drug-likeness (QED) is 0.784. The van der Waals surface area contributed by atoms with E-state index in [1.807, 2.05) is 0 Å². The molecule has 0 unspecified atom stereocenters. The molecule has 0 bridgehead atoms. The van der Waals surface area contributed by atoms with Gasteiger partial charge in [-0.25, -0.2) is 13.4 Å². The van der Waals surface area contributed by atoms with Crippen molar-refractivity contribution in [3.8, 4) is 0 Å². The summed E-state index contributed by atoms with van der Waals surface area (Å²) in [4.78, 5) is 8.80. The van der Waals surface area contributed by atoms with Crippen LogP contribution in [-0.4, -0.2) is 31.0 Å². The molecule has 2 rings (SSSR count). The maximum atomic E-state index is 12.1. The zero-order chi connectivity index (χ0) is 12.5. The van der Waals surface area contributed by atoms with Gasteiger partial charge in [-0.15, -0.1) is 0 Å². The lowest BCUT2D eigenvalue weighted by Crippen LogP contribution is -2.35. The molecule has 0 amide bonds. The highest BCUT2D eigenvalue weighted by molar-refractivity contribution is 7.89. The second-order valence-corrected chi connectivity index (χ2v) is 6.11. The lowest BCUT2D eigenvalue weighted by Gasteiger charge is -2.25. The third-order valence-electron chi connectivity index (χ3n) is 2.31. The van der Waals surface area contributed by atoms with Gasteiger partial charge in [-0.1, -0.05) is 27.7 Å². The molecular weight excluding hydrogens is 287 g/mol. The summed E-state index contributed by atoms with van der Waals surface area (Å²) in [5, 5.41) is 0.176. The van der Waals surface area contributed by atoms with Gasteiger partial charge in [-0.05, 0) is 18.9 Å². The molecule has 94 valence electrons. The van der Waals surface area contributed by atoms with Crippen LogP contribution in [0.5, 0.6) is 0 Å². The molecule has 0 atom stereocenters. The molecule has 0 spiro atoms. The molecule has 5 nitrogen and oxygen atoms in total. The monoisotopic (exact) mass is 296 g/mol. The lowest BCUT2D eigenvalue weighted by molar-refractivity contribution is -0.108. The molecule has 2 heterocycles. The Balaban J connectivity index is 2.33. The highest BCUT2D eigenvalue weighted by Gasteiger charge is 2.28. The highest BCUT2D eigenvalue weighted by Crippen LogP contribution is 2.25. The van der Waals surface area contributed by atoms with Crippen LogP contribution in [-0.2, 0) is 14.9 Å². The van der Waals surface area contributed by atoms with E-state index >= 15 is 0 Å². The minimum absolute atomic E-state index is 0.0196. The van der Waals surface area contributed by atoms with E-state index in [-0.39, 0.29) is 15.1 Å². The first-order valence-corrected chi connectivity index (χ1v) is 7.18. The Labute approximate surface area is 109 Å². The average Bonchev–Trinajstić information content (AvgIpc) is 2.33. The van der Waals surface area contributed by atoms with E-state index in [9.17, 15) is 8.42 Å². The third-order valence-corrected chi connectivity index (χ3v) is 4.64. The summed E-state index contributed by atoms with van der Waals surface area (Å²) >= 11 is 11.4. The van der Waals surface area contributed by atoms with E-state index < -0.39 is 10.0 Å². The maximum Gasteiger partial charge on any atom is 0.266 e. The standard InChI is InChI=1S/C9H10Cl2N2O3S/c10-8-5-7(6-12-9(8)11)17(14,15)13-3-1-2-4-16-13/h5-6H,1-4H2. The summed E-state index contributed by atoms with van der Waals surface area (Å²) in [6.45, 7) is 0.733. The summed E-state index contributed by atoms with van der Waals surface area (Å²) in [5.74, 6) is 0. The Morgan fingerprint density at radius 1 is 1.35 bits per heavy atom. The van der Waals surface area contributed by atoms with Crippen LogP contribution in [0.25, 0.3) is 0 Å². The van der Waals surface area contributed by atoms with Gasteiger partial charge in [0.15, 0.2) is 0 Å². The summed E-state index contributed by atoms with van der Waals surface area (Å²) in [6.07, 6.45) is 2.79. The topological polar surface area (TPSA) is 59.5 Å². The molecule has 1 aromatic heterocycles. The SMILES string of the molecule is O=S(=O)(c1cnc(Cl)c(Cl)c1)N1CCCCO1. The van der Waals surface area contributed by atoms with Crippen LogP contribution in [0, 0.1) is 0 Å². The lowest BCUT2D eigenvalue weighted by atomic mass is 10.3. The number of pyridine rings is 1. The van der Waals surface area contributed by atoms with E-state index in [1.54, 1.807) is 0 Å². The van der Waals surface area contributed by atoms with Gasteiger partial charge in [-0.2, -0.15) is 0 Å². The van der Waals surface area contributed by atoms with Gasteiger partial charge in [0.25, 0.3) is 10.0 Å². The number of aromatic nitrogens is 1. The van der Waals surface area contributed by atoms with Crippen LogP contribution in [0.1, 0.15) is 12.8 Å². The van der Waals surface area contributed by atoms with Gasteiger partial charge in [0.1, 0.15) is 10.0 Å². The maximum absolute atomic E-state index is 12.1. The molecule has 8 heteroatoms. The molecule has 1 aliphatic rings. The molecule has 0 radical (unpaired) electrons. The van der Waals surface area contributed by atoms with Crippen molar-refractivity contribution in [3.63, 3.8) is 0 Å². The van der Waals surface area contributed by atoms with Crippen molar-refractivity contribution in [1.82, 2.24) is 9.45 Å². The highest BCUT2D eigenvalue weighted by atomic mass is 35.5. The number of halogens is 2. The van der Waals surface area contributed by atoms with Crippen LogP contribution >= 0.6 is 23.2 Å². The van der Waals surface area contributed by atoms with Crippen LogP contribution in [0.15, 0.2) is 17.2 Å². The van der Waals surface area contributed by atoms with Crippen molar-refractivity contribution in [2.45, 2.75) is 17.7 Å². The van der Waals surface area contributed by atoms with Crippen LogP contribution in [0.4, 0.5) is 0 Å². The smallest absolute Gasteiger partial charge is 0.266 e. The Morgan fingerprint density at radius 2 is 2.12 bits per heavy atom. The van der Waals surface area contributed by atoms with Gasteiger partial charge in [0.05, 0.1) is 11.6 Å². The molecule has 0 N–H and O–H groups in total. The second-order valence-electron chi connectivity index (χ2n) is 3.52. The Kier molecular flexibility index (Phi) is 3.89. The van der Waals surface area contributed by atoms with Gasteiger partial charge in [-0.3, -0.25) is 4.84 Å². The minimum Gasteiger partial charge on any atom is -0.284 e. The van der Waals surface area contributed by atoms with E-state index in [2.05, 4.69) is 4.98 Å². The number of hydrogen-bond donors (Lipinski definition) is 0. The van der Waals surface area contributed by atoms with Crippen LogP contribution < -0.4 is 0 Å². The Bertz CT molecular complexity index is 515. The minimum atomic E-state index is -3.70. The van der Waals surface area contributed by atoms with E-state index in [0.717, 1.165) is 17.3 Å². The number of sulfonamides is 1. The molecule has 0 saturated carbocycles. The second kappa shape index (κ2) is 5.07. The molecule has 0 aromatic carbocycles. The molecular formula is C9H10Cl2N2O3S. The van der Waals surface area contributed by atoms with Crippen molar-refractivity contribution in [2.24, 2.45) is 0 Å². The van der Waals surface area contributed by atoms with Gasteiger partial charge in [0, 0.05) is 12.7 Å². The van der Waals surface area contributed by atoms with Gasteiger partial charge < -0.3 is 0 Å². The number of hydroxylamine groups is 1. The van der Waals surface area contributed by atoms with E-state index in [1.165, 1.54) is 12.3 Å². The van der Waals surface area contributed by atoms with Crippen molar-refractivity contribution >= 4 is 33.2 Å². The molecule has 1 aliphatic heterocycles. The largest absolute Gasteiger partial charge is 0.284 e. The van der Waals surface area contributed by atoms with Crippen molar-refractivity contribution in [1.29, 1.82) is 0 Å². The molecule has 0 aliphatic carbocycles. The summed E-state index contributed by atoms with van der Waals surface area (Å²) in [7, 11) is -3.70. The summed E-state index contributed by atoms with van der Waals surface area (Å²) in [5.41, 5.74) is 0. The molecule has 1 fully saturated rings. The van der Waals surface area contributed by atoms with Crippen molar-refractivity contribution in [2.75, 3.05) is 13.2 Å². The van der Waals surface area contributed by atoms with Gasteiger partial charge >= 0.3 is 0 Å². The predicted octanol–water partition coefficient (Wildman–Crippen LogP) is 2.10. The molecule has 1 saturated heterocycles. The van der Waals surface area contributed by atoms with Crippen molar-refractivity contribution in [3.05, 3.63) is 22.4 Å². The number of rotatable bonds is 2. The Morgan fingerprint density at radius 3 is 2.71 bits per heavy atom. The summed E-state index contributed by atoms with van der Waals surface area (Å²) < 4.78 is 25.2. The number of nitrogens with zero attached hydrogens (tertiary/aromatic N) is 2. The third kappa shape index (κ3) is 2.71. The number of hydrogen-bond acceptors (Lipinski definition) is 4. The first-order chi connectivity index (χ1) is 8.01. The fourth-order valence-corrected chi connectivity index (χ4v) is 3.03. The van der Waals surface area contributed by atoms with E-state index in [4.69, 9.17) is 28.0 Å². The van der Waals surface area contributed by atoms with Crippen molar-refractivity contribution < 1.29 is 13.3 Å². The Hall–Kier alpha value is -0.400. The van der Waals surface area contributed by atoms with Crippen LogP contribution in [0.3, 0.4) is 0 Å². The van der Waals surface area contributed by atoms with Gasteiger partial charge in [0.2, 0.25) is 0 Å². The zero-order valence-electron chi connectivity index (χ0n) is 8.77. The first-order valence-electron chi connectivity index (χ1n) is 4.98. The molecule has 1 aromatic rings. The average molecular weight is 297 g/mol. The normalized spacial score (nSPS) is 18.2. The fourth-order valence-electron chi connectivity index (χ4n) is 1.43. The summed E-state index contributed by atoms with van der Waals surface area (Å²) in [6, 6.07) is 1.27. The molecule has 17 heavy (non-hydrogen) atoms. The zero-order valence-corrected chi connectivity index (χ0v) is 11.1. The van der Waals surface area contributed by atoms with E-state index in [0.29, 0.717) is 13.2 Å². The van der Waals surface area contributed by atoms with Crippen LogP contribution in [0.2, 0.25) is 10.2 Å². The fraction of sp³-hybridized carbons (Fsp3) is 0.444.